The van der Waals surface area contributed by atoms with Crippen molar-refractivity contribution in [3.8, 4) is 0 Å². The van der Waals surface area contributed by atoms with E-state index in [0.29, 0.717) is 19.5 Å². The van der Waals surface area contributed by atoms with Crippen LogP contribution in [0.1, 0.15) is 36.2 Å². The zero-order valence-corrected chi connectivity index (χ0v) is 11.1. The Morgan fingerprint density at radius 1 is 1.45 bits per heavy atom. The summed E-state index contributed by atoms with van der Waals surface area (Å²) in [7, 11) is 0. The average molecular weight is 280 g/mol. The van der Waals surface area contributed by atoms with Gasteiger partial charge in [0, 0.05) is 19.5 Å². The molecule has 1 unspecified atom stereocenters. The Kier molecular flexibility index (Phi) is 4.65. The van der Waals surface area contributed by atoms with Crippen LogP contribution < -0.4 is 0 Å². The number of carboxylic acids is 1. The summed E-state index contributed by atoms with van der Waals surface area (Å²) in [5.74, 6) is -1.59. The zero-order valence-electron chi connectivity index (χ0n) is 11.1. The lowest BCUT2D eigenvalue weighted by Crippen LogP contribution is -2.40. The van der Waals surface area contributed by atoms with Crippen LogP contribution in [0.2, 0.25) is 0 Å². The molecule has 0 radical (unpaired) electrons. The van der Waals surface area contributed by atoms with Crippen LogP contribution in [0.3, 0.4) is 0 Å². The van der Waals surface area contributed by atoms with Gasteiger partial charge in [0.1, 0.15) is 5.69 Å². The van der Waals surface area contributed by atoms with Gasteiger partial charge in [-0.15, -0.1) is 0 Å². The molecule has 1 saturated heterocycles. The number of aliphatic carboxylic acids is 1. The molecule has 1 amide bonds. The van der Waals surface area contributed by atoms with Crippen LogP contribution in [0, 0.1) is 11.9 Å². The van der Waals surface area contributed by atoms with Gasteiger partial charge in [0.05, 0.1) is 0 Å². The molecule has 1 aromatic heterocycles. The number of pyridine rings is 1. The summed E-state index contributed by atoms with van der Waals surface area (Å²) in [5.41, 5.74) is 0.101. The van der Waals surface area contributed by atoms with Crippen molar-refractivity contribution >= 4 is 11.9 Å². The number of rotatable bonds is 4. The second kappa shape index (κ2) is 6.45. The van der Waals surface area contributed by atoms with Crippen molar-refractivity contribution in [3.05, 3.63) is 29.8 Å². The highest BCUT2D eigenvalue weighted by atomic mass is 19.1. The molecule has 0 saturated carbocycles. The van der Waals surface area contributed by atoms with E-state index < -0.39 is 11.9 Å². The molecule has 1 aromatic rings. The van der Waals surface area contributed by atoms with E-state index >= 15 is 0 Å². The van der Waals surface area contributed by atoms with Gasteiger partial charge in [0.2, 0.25) is 5.95 Å². The Bertz CT molecular complexity index is 507. The van der Waals surface area contributed by atoms with Gasteiger partial charge in [-0.3, -0.25) is 9.59 Å². The molecule has 1 aliphatic heterocycles. The standard InChI is InChI=1S/C14H17FN2O3/c15-12-5-1-4-11(16-12)14(20)17-8-2-3-10(9-17)6-7-13(18)19/h1,4-5,10H,2-3,6-9H2,(H,18,19). The highest BCUT2D eigenvalue weighted by molar-refractivity contribution is 5.92. The summed E-state index contributed by atoms with van der Waals surface area (Å²) in [4.78, 5) is 28.0. The van der Waals surface area contributed by atoms with E-state index in [2.05, 4.69) is 4.98 Å². The van der Waals surface area contributed by atoms with Gasteiger partial charge in [-0.25, -0.2) is 4.98 Å². The average Bonchev–Trinajstić information content (AvgIpc) is 2.44. The highest BCUT2D eigenvalue weighted by Crippen LogP contribution is 2.22. The fraction of sp³-hybridized carbons (Fsp3) is 0.500. The van der Waals surface area contributed by atoms with Crippen molar-refractivity contribution in [1.29, 1.82) is 0 Å². The van der Waals surface area contributed by atoms with Crippen LogP contribution in [-0.4, -0.2) is 40.0 Å². The molecule has 20 heavy (non-hydrogen) atoms. The van der Waals surface area contributed by atoms with E-state index in [1.807, 2.05) is 0 Å². The quantitative estimate of drug-likeness (QED) is 0.856. The minimum absolute atomic E-state index is 0.101. The van der Waals surface area contributed by atoms with Gasteiger partial charge in [0.25, 0.3) is 5.91 Å². The van der Waals surface area contributed by atoms with Crippen molar-refractivity contribution in [2.45, 2.75) is 25.7 Å². The smallest absolute Gasteiger partial charge is 0.303 e. The first-order chi connectivity index (χ1) is 9.56. The van der Waals surface area contributed by atoms with Crippen molar-refractivity contribution in [2.24, 2.45) is 5.92 Å². The molecule has 0 bridgehead atoms. The Morgan fingerprint density at radius 2 is 2.25 bits per heavy atom. The lowest BCUT2D eigenvalue weighted by molar-refractivity contribution is -0.137. The van der Waals surface area contributed by atoms with Crippen molar-refractivity contribution in [1.82, 2.24) is 9.88 Å². The van der Waals surface area contributed by atoms with E-state index in [1.165, 1.54) is 18.2 Å². The van der Waals surface area contributed by atoms with Crippen molar-refractivity contribution in [3.63, 3.8) is 0 Å². The summed E-state index contributed by atoms with van der Waals surface area (Å²) in [6.07, 6.45) is 2.44. The Morgan fingerprint density at radius 3 is 2.95 bits per heavy atom. The van der Waals surface area contributed by atoms with Crippen molar-refractivity contribution in [2.75, 3.05) is 13.1 Å². The van der Waals surface area contributed by atoms with Gasteiger partial charge in [-0.1, -0.05) is 6.07 Å². The molecule has 0 aromatic carbocycles. The Hall–Kier alpha value is -1.98. The zero-order chi connectivity index (χ0) is 14.5. The molecule has 108 valence electrons. The van der Waals surface area contributed by atoms with Gasteiger partial charge in [-0.05, 0) is 37.3 Å². The third kappa shape index (κ3) is 3.76. The maximum absolute atomic E-state index is 13.0. The molecular weight excluding hydrogens is 263 g/mol. The molecule has 1 fully saturated rings. The minimum atomic E-state index is -0.819. The SMILES string of the molecule is O=C(O)CCC1CCCN(C(=O)c2cccc(F)n2)C1. The first kappa shape index (κ1) is 14.4. The molecular formula is C14H17FN2O3. The van der Waals surface area contributed by atoms with E-state index in [9.17, 15) is 14.0 Å². The normalized spacial score (nSPS) is 18.9. The Balaban J connectivity index is 1.98. The maximum Gasteiger partial charge on any atom is 0.303 e. The fourth-order valence-corrected chi connectivity index (χ4v) is 2.50. The molecule has 2 rings (SSSR count). The summed E-state index contributed by atoms with van der Waals surface area (Å²) in [6, 6.07) is 4.15. The summed E-state index contributed by atoms with van der Waals surface area (Å²) in [5, 5.41) is 8.70. The summed E-state index contributed by atoms with van der Waals surface area (Å²) < 4.78 is 13.0. The predicted octanol–water partition coefficient (Wildman–Crippen LogP) is 1.94. The number of halogens is 1. The number of carboxylic acid groups (broad SMARTS) is 1. The third-order valence-electron chi connectivity index (χ3n) is 3.51. The first-order valence-corrected chi connectivity index (χ1v) is 6.70. The molecule has 6 heteroatoms. The second-order valence-electron chi connectivity index (χ2n) is 5.04. The van der Waals surface area contributed by atoms with Crippen LogP contribution in [0.15, 0.2) is 18.2 Å². The third-order valence-corrected chi connectivity index (χ3v) is 3.51. The molecule has 0 spiro atoms. The predicted molar refractivity (Wildman–Crippen MR) is 69.7 cm³/mol. The Labute approximate surface area is 116 Å². The van der Waals surface area contributed by atoms with Crippen LogP contribution in [0.4, 0.5) is 4.39 Å². The lowest BCUT2D eigenvalue weighted by atomic mass is 9.93. The number of carbonyl (C=O) groups excluding carboxylic acids is 1. The van der Waals surface area contributed by atoms with Gasteiger partial charge >= 0.3 is 5.97 Å². The molecule has 5 nitrogen and oxygen atoms in total. The van der Waals surface area contributed by atoms with Crippen LogP contribution in [0.25, 0.3) is 0 Å². The number of hydrogen-bond donors (Lipinski definition) is 1. The van der Waals surface area contributed by atoms with E-state index in [-0.39, 0.29) is 23.9 Å². The number of piperidine rings is 1. The molecule has 1 atom stereocenters. The molecule has 1 aliphatic rings. The van der Waals surface area contributed by atoms with Crippen LogP contribution in [0.5, 0.6) is 0 Å². The first-order valence-electron chi connectivity index (χ1n) is 6.70. The van der Waals surface area contributed by atoms with Crippen LogP contribution in [-0.2, 0) is 4.79 Å². The maximum atomic E-state index is 13.0. The van der Waals surface area contributed by atoms with Gasteiger partial charge in [0.15, 0.2) is 0 Å². The molecule has 2 heterocycles. The minimum Gasteiger partial charge on any atom is -0.481 e. The van der Waals surface area contributed by atoms with E-state index in [0.717, 1.165) is 12.8 Å². The topological polar surface area (TPSA) is 70.5 Å². The van der Waals surface area contributed by atoms with Crippen LogP contribution >= 0.6 is 0 Å². The van der Waals surface area contributed by atoms with Crippen molar-refractivity contribution < 1.29 is 19.1 Å². The molecule has 1 N–H and O–H groups in total. The number of likely N-dealkylation sites (tertiary alicyclic amines) is 1. The fourth-order valence-electron chi connectivity index (χ4n) is 2.50. The summed E-state index contributed by atoms with van der Waals surface area (Å²) >= 11 is 0. The number of hydrogen-bond acceptors (Lipinski definition) is 3. The summed E-state index contributed by atoms with van der Waals surface area (Å²) in [6.45, 7) is 1.13. The van der Waals surface area contributed by atoms with Gasteiger partial charge in [-0.2, -0.15) is 4.39 Å². The number of aromatic nitrogens is 1. The number of carbonyl (C=O) groups is 2. The number of nitrogens with zero attached hydrogens (tertiary/aromatic N) is 2. The van der Waals surface area contributed by atoms with E-state index in [4.69, 9.17) is 5.11 Å². The van der Waals surface area contributed by atoms with Gasteiger partial charge < -0.3 is 10.0 Å². The number of amides is 1. The largest absolute Gasteiger partial charge is 0.481 e. The van der Waals surface area contributed by atoms with E-state index in [1.54, 1.807) is 4.90 Å². The molecule has 0 aliphatic carbocycles. The monoisotopic (exact) mass is 280 g/mol. The highest BCUT2D eigenvalue weighted by Gasteiger charge is 2.25. The second-order valence-corrected chi connectivity index (χ2v) is 5.04. The lowest BCUT2D eigenvalue weighted by Gasteiger charge is -2.32.